The van der Waals surface area contributed by atoms with Crippen LogP contribution >= 0.6 is 23.2 Å². The highest BCUT2D eigenvalue weighted by Gasteiger charge is 2.15. The lowest BCUT2D eigenvalue weighted by molar-refractivity contribution is 0.0600. The summed E-state index contributed by atoms with van der Waals surface area (Å²) in [6, 6.07) is 6.14. The summed E-state index contributed by atoms with van der Waals surface area (Å²) < 4.78 is 18.3. The first-order valence-electron chi connectivity index (χ1n) is 5.23. The van der Waals surface area contributed by atoms with Gasteiger partial charge in [-0.1, -0.05) is 35.3 Å². The van der Waals surface area contributed by atoms with Gasteiger partial charge in [0.05, 0.1) is 22.7 Å². The van der Waals surface area contributed by atoms with Crippen LogP contribution in [0.2, 0.25) is 10.0 Å². The summed E-state index contributed by atoms with van der Waals surface area (Å²) in [6.07, 6.45) is 1.10. The highest BCUT2D eigenvalue weighted by Crippen LogP contribution is 2.34. The Kier molecular flexibility index (Phi) is 4.02. The van der Waals surface area contributed by atoms with Crippen LogP contribution in [0.15, 0.2) is 30.5 Å². The van der Waals surface area contributed by atoms with Gasteiger partial charge in [-0.2, -0.15) is 4.39 Å². The molecular formula is C13H8Cl2FNO2. The molecule has 0 N–H and O–H groups in total. The molecule has 0 saturated carbocycles. The van der Waals surface area contributed by atoms with E-state index in [0.29, 0.717) is 10.6 Å². The lowest BCUT2D eigenvalue weighted by atomic mass is 10.1. The van der Waals surface area contributed by atoms with Gasteiger partial charge in [0.15, 0.2) is 0 Å². The Labute approximate surface area is 118 Å². The van der Waals surface area contributed by atoms with E-state index in [1.807, 2.05) is 0 Å². The van der Waals surface area contributed by atoms with E-state index in [0.717, 1.165) is 6.20 Å². The molecule has 0 atom stereocenters. The van der Waals surface area contributed by atoms with Crippen LogP contribution in [-0.2, 0) is 4.74 Å². The van der Waals surface area contributed by atoms with Crippen molar-refractivity contribution >= 4 is 29.2 Å². The van der Waals surface area contributed by atoms with Crippen molar-refractivity contribution in [1.29, 1.82) is 0 Å². The predicted octanol–water partition coefficient (Wildman–Crippen LogP) is 3.98. The number of aromatic nitrogens is 1. The number of carbonyl (C=O) groups excluding carboxylic acids is 1. The quantitative estimate of drug-likeness (QED) is 0.622. The zero-order chi connectivity index (χ0) is 14.0. The third kappa shape index (κ3) is 2.69. The van der Waals surface area contributed by atoms with Gasteiger partial charge in [0.1, 0.15) is 0 Å². The van der Waals surface area contributed by atoms with Gasteiger partial charge in [0.2, 0.25) is 5.95 Å². The molecule has 19 heavy (non-hydrogen) atoms. The van der Waals surface area contributed by atoms with Crippen molar-refractivity contribution < 1.29 is 13.9 Å². The standard InChI is InChI=1S/C13H8Cl2FNO2/c1-19-13(18)7-5-9(12(16)17-6-7)8-3-2-4-10(14)11(8)15/h2-6H,1H3. The maximum Gasteiger partial charge on any atom is 0.339 e. The van der Waals surface area contributed by atoms with E-state index in [1.54, 1.807) is 18.2 Å². The van der Waals surface area contributed by atoms with Crippen LogP contribution in [0.5, 0.6) is 0 Å². The number of hydrogen-bond acceptors (Lipinski definition) is 3. The molecule has 1 aromatic carbocycles. The number of rotatable bonds is 2. The van der Waals surface area contributed by atoms with Crippen molar-refractivity contribution in [2.75, 3.05) is 7.11 Å². The Hall–Kier alpha value is -1.65. The molecule has 0 amide bonds. The van der Waals surface area contributed by atoms with Gasteiger partial charge in [-0.25, -0.2) is 9.78 Å². The minimum absolute atomic E-state index is 0.0930. The van der Waals surface area contributed by atoms with Gasteiger partial charge >= 0.3 is 5.97 Å². The summed E-state index contributed by atoms with van der Waals surface area (Å²) in [5.41, 5.74) is 0.593. The molecule has 2 rings (SSSR count). The molecule has 1 aromatic heterocycles. The Morgan fingerprint density at radius 1 is 1.32 bits per heavy atom. The summed E-state index contributed by atoms with van der Waals surface area (Å²) in [5.74, 6) is -1.34. The third-order valence-corrected chi connectivity index (χ3v) is 3.32. The first-order valence-corrected chi connectivity index (χ1v) is 5.98. The second kappa shape index (κ2) is 5.55. The van der Waals surface area contributed by atoms with E-state index in [-0.39, 0.29) is 16.1 Å². The molecule has 0 aliphatic heterocycles. The number of benzene rings is 1. The Morgan fingerprint density at radius 3 is 2.74 bits per heavy atom. The number of nitrogens with zero attached hydrogens (tertiary/aromatic N) is 1. The van der Waals surface area contributed by atoms with Crippen LogP contribution in [0.25, 0.3) is 11.1 Å². The normalized spacial score (nSPS) is 10.3. The number of methoxy groups -OCH3 is 1. The van der Waals surface area contributed by atoms with Crippen molar-refractivity contribution in [3.8, 4) is 11.1 Å². The average Bonchev–Trinajstić information content (AvgIpc) is 2.42. The van der Waals surface area contributed by atoms with Gasteiger partial charge in [-0.15, -0.1) is 0 Å². The second-order valence-electron chi connectivity index (χ2n) is 3.66. The molecule has 2 aromatic rings. The fourth-order valence-corrected chi connectivity index (χ4v) is 1.98. The predicted molar refractivity (Wildman–Crippen MR) is 71.0 cm³/mol. The van der Waals surface area contributed by atoms with Crippen molar-refractivity contribution in [3.63, 3.8) is 0 Å². The number of pyridine rings is 1. The number of halogens is 3. The Balaban J connectivity index is 2.61. The smallest absolute Gasteiger partial charge is 0.339 e. The van der Waals surface area contributed by atoms with Gasteiger partial charge in [-0.3, -0.25) is 0 Å². The van der Waals surface area contributed by atoms with E-state index in [9.17, 15) is 9.18 Å². The van der Waals surface area contributed by atoms with Gasteiger partial charge < -0.3 is 4.74 Å². The molecule has 0 saturated heterocycles. The van der Waals surface area contributed by atoms with Crippen LogP contribution in [0.4, 0.5) is 4.39 Å². The van der Waals surface area contributed by atoms with Gasteiger partial charge in [0, 0.05) is 17.3 Å². The zero-order valence-corrected chi connectivity index (χ0v) is 11.3. The number of hydrogen-bond donors (Lipinski definition) is 0. The van der Waals surface area contributed by atoms with Crippen LogP contribution in [-0.4, -0.2) is 18.1 Å². The molecule has 0 radical (unpaired) electrons. The molecule has 1 heterocycles. The molecule has 6 heteroatoms. The maximum atomic E-state index is 13.8. The molecule has 0 fully saturated rings. The van der Waals surface area contributed by atoms with Crippen molar-refractivity contribution in [2.45, 2.75) is 0 Å². The lowest BCUT2D eigenvalue weighted by Crippen LogP contribution is -2.03. The summed E-state index contributed by atoms with van der Waals surface area (Å²) in [4.78, 5) is 14.9. The number of carbonyl (C=O) groups is 1. The highest BCUT2D eigenvalue weighted by molar-refractivity contribution is 6.43. The lowest BCUT2D eigenvalue weighted by Gasteiger charge is -2.08. The SMILES string of the molecule is COC(=O)c1cnc(F)c(-c2cccc(Cl)c2Cl)c1. The highest BCUT2D eigenvalue weighted by atomic mass is 35.5. The molecule has 3 nitrogen and oxygen atoms in total. The number of esters is 1. The molecule has 0 bridgehead atoms. The third-order valence-electron chi connectivity index (χ3n) is 2.50. The van der Waals surface area contributed by atoms with Gasteiger partial charge in [0.25, 0.3) is 0 Å². The van der Waals surface area contributed by atoms with Crippen LogP contribution in [0.3, 0.4) is 0 Å². The van der Waals surface area contributed by atoms with Crippen molar-refractivity contribution in [2.24, 2.45) is 0 Å². The molecule has 0 spiro atoms. The molecule has 0 unspecified atom stereocenters. The first kappa shape index (κ1) is 13.8. The maximum absolute atomic E-state index is 13.8. The largest absolute Gasteiger partial charge is 0.465 e. The summed E-state index contributed by atoms with van der Waals surface area (Å²) in [6.45, 7) is 0. The summed E-state index contributed by atoms with van der Waals surface area (Å²) in [5, 5.41) is 0.494. The van der Waals surface area contributed by atoms with Crippen LogP contribution in [0.1, 0.15) is 10.4 Å². The van der Waals surface area contributed by atoms with Gasteiger partial charge in [-0.05, 0) is 12.1 Å². The van der Waals surface area contributed by atoms with E-state index < -0.39 is 11.9 Å². The fraction of sp³-hybridized carbons (Fsp3) is 0.0769. The number of ether oxygens (including phenoxy) is 1. The molecule has 0 aliphatic rings. The Morgan fingerprint density at radius 2 is 2.05 bits per heavy atom. The van der Waals surface area contributed by atoms with E-state index >= 15 is 0 Å². The second-order valence-corrected chi connectivity index (χ2v) is 4.44. The minimum atomic E-state index is -0.739. The fourth-order valence-electron chi connectivity index (χ4n) is 1.58. The van der Waals surface area contributed by atoms with E-state index in [2.05, 4.69) is 9.72 Å². The topological polar surface area (TPSA) is 39.2 Å². The molecule has 0 aliphatic carbocycles. The minimum Gasteiger partial charge on any atom is -0.465 e. The first-order chi connectivity index (χ1) is 9.04. The monoisotopic (exact) mass is 299 g/mol. The van der Waals surface area contributed by atoms with Crippen LogP contribution in [0, 0.1) is 5.95 Å². The summed E-state index contributed by atoms with van der Waals surface area (Å²) in [7, 11) is 1.23. The average molecular weight is 300 g/mol. The molecular weight excluding hydrogens is 292 g/mol. The van der Waals surface area contributed by atoms with E-state index in [4.69, 9.17) is 23.2 Å². The Bertz CT molecular complexity index is 647. The summed E-state index contributed by atoms with van der Waals surface area (Å²) >= 11 is 11.9. The van der Waals surface area contributed by atoms with Crippen LogP contribution < -0.4 is 0 Å². The van der Waals surface area contributed by atoms with Crippen molar-refractivity contribution in [3.05, 3.63) is 52.0 Å². The van der Waals surface area contributed by atoms with E-state index in [1.165, 1.54) is 13.2 Å². The molecule has 98 valence electrons. The van der Waals surface area contributed by atoms with Crippen molar-refractivity contribution in [1.82, 2.24) is 4.98 Å². The zero-order valence-electron chi connectivity index (χ0n) is 9.78.